The number of amides is 1. The van der Waals surface area contributed by atoms with Gasteiger partial charge in [-0.1, -0.05) is 61.5 Å². The van der Waals surface area contributed by atoms with E-state index in [0.29, 0.717) is 17.7 Å². The maximum Gasteiger partial charge on any atom is 0.416 e. The summed E-state index contributed by atoms with van der Waals surface area (Å²) in [6.45, 7) is 4.47. The Balaban J connectivity index is 1.47. The van der Waals surface area contributed by atoms with Crippen molar-refractivity contribution in [1.29, 1.82) is 0 Å². The van der Waals surface area contributed by atoms with E-state index in [2.05, 4.69) is 43.1 Å². The van der Waals surface area contributed by atoms with Crippen LogP contribution in [0.4, 0.5) is 13.2 Å². The Hall–Kier alpha value is -3.64. The molecule has 0 bridgehead atoms. The lowest BCUT2D eigenvalue weighted by Crippen LogP contribution is -2.26. The van der Waals surface area contributed by atoms with Gasteiger partial charge in [0.2, 0.25) is 0 Å². The minimum Gasteiger partial charge on any atom is -0.337 e. The quantitative estimate of drug-likeness (QED) is 0.272. The molecule has 36 heavy (non-hydrogen) atoms. The highest BCUT2D eigenvalue weighted by Crippen LogP contribution is 2.31. The fourth-order valence-electron chi connectivity index (χ4n) is 4.26. The molecule has 0 aliphatic carbocycles. The first-order chi connectivity index (χ1) is 17.2. The molecule has 4 aromatic rings. The van der Waals surface area contributed by atoms with Crippen LogP contribution >= 0.6 is 0 Å². The third-order valence-corrected chi connectivity index (χ3v) is 6.46. The van der Waals surface area contributed by atoms with E-state index < -0.39 is 11.7 Å². The SMILES string of the molecule is CCN(C)Cc1ccc2c(CN(C)C(=O)c3ccc(-c4ccc(C(F)(F)F)cc4)cc3)cccc2c1. The molecule has 0 radical (unpaired) electrons. The van der Waals surface area contributed by atoms with Gasteiger partial charge in [-0.15, -0.1) is 0 Å². The average Bonchev–Trinajstić information content (AvgIpc) is 2.88. The highest BCUT2D eigenvalue weighted by Gasteiger charge is 2.30. The number of fused-ring (bicyclic) bond motifs is 1. The fourth-order valence-corrected chi connectivity index (χ4v) is 4.26. The smallest absolute Gasteiger partial charge is 0.337 e. The van der Waals surface area contributed by atoms with Crippen LogP contribution < -0.4 is 0 Å². The van der Waals surface area contributed by atoms with E-state index in [1.165, 1.54) is 17.7 Å². The molecule has 0 saturated heterocycles. The van der Waals surface area contributed by atoms with Crippen molar-refractivity contribution in [1.82, 2.24) is 9.80 Å². The summed E-state index contributed by atoms with van der Waals surface area (Å²) in [6, 6.07) is 24.6. The van der Waals surface area contributed by atoms with Crippen LogP contribution in [0.15, 0.2) is 84.9 Å². The van der Waals surface area contributed by atoms with Gasteiger partial charge in [0.1, 0.15) is 0 Å². The molecule has 0 aliphatic rings. The van der Waals surface area contributed by atoms with E-state index in [4.69, 9.17) is 0 Å². The van der Waals surface area contributed by atoms with Gasteiger partial charge in [0.05, 0.1) is 5.56 Å². The molecule has 4 aromatic carbocycles. The Morgan fingerprint density at radius 3 is 2.06 bits per heavy atom. The van der Waals surface area contributed by atoms with E-state index in [0.717, 1.165) is 47.1 Å². The maximum absolute atomic E-state index is 13.1. The molecule has 0 fully saturated rings. The monoisotopic (exact) mass is 490 g/mol. The molecule has 186 valence electrons. The van der Waals surface area contributed by atoms with Gasteiger partial charge in [0, 0.05) is 25.7 Å². The summed E-state index contributed by atoms with van der Waals surface area (Å²) in [5, 5.41) is 2.27. The van der Waals surface area contributed by atoms with Gasteiger partial charge in [-0.2, -0.15) is 13.2 Å². The summed E-state index contributed by atoms with van der Waals surface area (Å²) < 4.78 is 38.4. The van der Waals surface area contributed by atoms with Gasteiger partial charge in [0.25, 0.3) is 5.91 Å². The van der Waals surface area contributed by atoms with E-state index in [9.17, 15) is 18.0 Å². The number of benzene rings is 4. The van der Waals surface area contributed by atoms with Gasteiger partial charge >= 0.3 is 6.18 Å². The summed E-state index contributed by atoms with van der Waals surface area (Å²) in [4.78, 5) is 17.0. The van der Waals surface area contributed by atoms with Gasteiger partial charge in [0.15, 0.2) is 0 Å². The molecule has 0 saturated carbocycles. The molecule has 3 nitrogen and oxygen atoms in total. The standard InChI is InChI=1S/C30H29F3N2O/c1-4-34(2)19-21-8-17-28-25(18-21)6-5-7-26(28)20-35(3)29(36)24-11-9-22(10-12-24)23-13-15-27(16-14-23)30(31,32)33/h5-18H,4,19-20H2,1-3H3. The molecule has 0 unspecified atom stereocenters. The second-order valence-electron chi connectivity index (χ2n) is 9.12. The predicted octanol–water partition coefficient (Wildman–Crippen LogP) is 7.25. The first kappa shape index (κ1) is 25.5. The van der Waals surface area contributed by atoms with Crippen LogP contribution in [0.1, 0.15) is 34.0 Å². The number of alkyl halides is 3. The molecule has 0 spiro atoms. The van der Waals surface area contributed by atoms with Crippen LogP contribution in [-0.4, -0.2) is 36.3 Å². The van der Waals surface area contributed by atoms with Crippen molar-refractivity contribution in [3.63, 3.8) is 0 Å². The van der Waals surface area contributed by atoms with Crippen LogP contribution in [0.25, 0.3) is 21.9 Å². The van der Waals surface area contributed by atoms with Crippen molar-refractivity contribution in [3.8, 4) is 11.1 Å². The zero-order valence-electron chi connectivity index (χ0n) is 20.6. The third-order valence-electron chi connectivity index (χ3n) is 6.46. The first-order valence-corrected chi connectivity index (χ1v) is 11.9. The molecule has 1 amide bonds. The number of hydrogen-bond donors (Lipinski definition) is 0. The average molecular weight is 491 g/mol. The Labute approximate surface area is 209 Å². The van der Waals surface area contributed by atoms with E-state index in [1.54, 1.807) is 36.2 Å². The van der Waals surface area contributed by atoms with Gasteiger partial charge in [-0.3, -0.25) is 4.79 Å². The predicted molar refractivity (Wildman–Crippen MR) is 139 cm³/mol. The lowest BCUT2D eigenvalue weighted by Gasteiger charge is -2.19. The van der Waals surface area contributed by atoms with E-state index in [-0.39, 0.29) is 5.91 Å². The summed E-state index contributed by atoms with van der Waals surface area (Å²) >= 11 is 0. The first-order valence-electron chi connectivity index (χ1n) is 11.9. The highest BCUT2D eigenvalue weighted by atomic mass is 19.4. The molecule has 0 heterocycles. The van der Waals surface area contributed by atoms with Crippen LogP contribution in [0.5, 0.6) is 0 Å². The third kappa shape index (κ3) is 5.77. The molecule has 0 atom stereocenters. The molecule has 0 aliphatic heterocycles. The zero-order valence-corrected chi connectivity index (χ0v) is 20.6. The topological polar surface area (TPSA) is 23.6 Å². The number of nitrogens with zero attached hydrogens (tertiary/aromatic N) is 2. The van der Waals surface area contributed by atoms with Crippen molar-refractivity contribution < 1.29 is 18.0 Å². The van der Waals surface area contributed by atoms with Gasteiger partial charge in [-0.25, -0.2) is 0 Å². The molecule has 0 N–H and O–H groups in total. The van der Waals surface area contributed by atoms with Crippen molar-refractivity contribution in [3.05, 3.63) is 107 Å². The molecular weight excluding hydrogens is 461 g/mol. The largest absolute Gasteiger partial charge is 0.416 e. The summed E-state index contributed by atoms with van der Waals surface area (Å²) in [6.07, 6.45) is -4.36. The second-order valence-corrected chi connectivity index (χ2v) is 9.12. The van der Waals surface area contributed by atoms with Crippen LogP contribution in [0.3, 0.4) is 0 Å². The van der Waals surface area contributed by atoms with Crippen molar-refractivity contribution >= 4 is 16.7 Å². The van der Waals surface area contributed by atoms with Gasteiger partial charge < -0.3 is 9.80 Å². The van der Waals surface area contributed by atoms with Crippen molar-refractivity contribution in [2.24, 2.45) is 0 Å². The van der Waals surface area contributed by atoms with E-state index in [1.807, 2.05) is 12.1 Å². The van der Waals surface area contributed by atoms with Crippen LogP contribution in [0, 0.1) is 0 Å². The van der Waals surface area contributed by atoms with E-state index >= 15 is 0 Å². The lowest BCUT2D eigenvalue weighted by molar-refractivity contribution is -0.137. The number of carbonyl (C=O) groups is 1. The van der Waals surface area contributed by atoms with Crippen molar-refractivity contribution in [2.45, 2.75) is 26.2 Å². The molecule has 0 aromatic heterocycles. The summed E-state index contributed by atoms with van der Waals surface area (Å²) in [7, 11) is 3.87. The maximum atomic E-state index is 13.1. The van der Waals surface area contributed by atoms with Crippen molar-refractivity contribution in [2.75, 3.05) is 20.6 Å². The summed E-state index contributed by atoms with van der Waals surface area (Å²) in [5.41, 5.74) is 3.58. The van der Waals surface area contributed by atoms with Crippen LogP contribution in [0.2, 0.25) is 0 Å². The Kier molecular flexibility index (Phi) is 7.45. The zero-order chi connectivity index (χ0) is 25.9. The van der Waals surface area contributed by atoms with Gasteiger partial charge in [-0.05, 0) is 77.0 Å². The Morgan fingerprint density at radius 1 is 0.806 bits per heavy atom. The summed E-state index contributed by atoms with van der Waals surface area (Å²) in [5.74, 6) is -0.118. The molecular formula is C30H29F3N2O. The Bertz CT molecular complexity index is 1350. The normalized spacial score (nSPS) is 11.8. The molecule has 4 rings (SSSR count). The minimum atomic E-state index is -4.36. The van der Waals surface area contributed by atoms with Crippen LogP contribution in [-0.2, 0) is 19.3 Å². The second kappa shape index (κ2) is 10.5. The highest BCUT2D eigenvalue weighted by molar-refractivity contribution is 5.95. The lowest BCUT2D eigenvalue weighted by atomic mass is 10.0. The molecule has 6 heteroatoms. The number of rotatable bonds is 7. The number of halogens is 3. The number of hydrogen-bond acceptors (Lipinski definition) is 2. The fraction of sp³-hybridized carbons (Fsp3) is 0.233. The number of carbonyl (C=O) groups excluding carboxylic acids is 1. The minimum absolute atomic E-state index is 0.118. The Morgan fingerprint density at radius 2 is 1.44 bits per heavy atom.